The van der Waals surface area contributed by atoms with Crippen molar-refractivity contribution in [2.75, 3.05) is 6.54 Å². The molecule has 1 N–H and O–H groups in total. The Hall–Kier alpha value is -2.77. The average molecular weight is 410 g/mol. The lowest BCUT2D eigenvalue weighted by Gasteiger charge is -2.02. The number of aromatic nitrogens is 2. The summed E-state index contributed by atoms with van der Waals surface area (Å²) in [7, 11) is 0. The van der Waals surface area contributed by atoms with E-state index in [1.165, 1.54) is 16.9 Å². The van der Waals surface area contributed by atoms with Gasteiger partial charge in [0, 0.05) is 18.5 Å². The van der Waals surface area contributed by atoms with Gasteiger partial charge in [-0.1, -0.05) is 23.8 Å². The van der Waals surface area contributed by atoms with Crippen molar-refractivity contribution in [2.45, 2.75) is 20.3 Å². The second-order valence-corrected chi connectivity index (χ2v) is 8.37. The van der Waals surface area contributed by atoms with Gasteiger partial charge in [-0.15, -0.1) is 22.7 Å². The van der Waals surface area contributed by atoms with E-state index in [0.29, 0.717) is 23.7 Å². The fourth-order valence-corrected chi connectivity index (χ4v) is 4.53. The predicted molar refractivity (Wildman–Crippen MR) is 113 cm³/mol. The van der Waals surface area contributed by atoms with Gasteiger partial charge in [0.15, 0.2) is 0 Å². The van der Waals surface area contributed by atoms with Gasteiger partial charge in [-0.05, 0) is 37.4 Å². The number of thiophene rings is 1. The molecular weight excluding hydrogens is 390 g/mol. The summed E-state index contributed by atoms with van der Waals surface area (Å²) in [6.07, 6.45) is 2.25. The van der Waals surface area contributed by atoms with Gasteiger partial charge in [0.05, 0.1) is 16.3 Å². The second-order valence-electron chi connectivity index (χ2n) is 6.43. The number of hydrogen-bond acceptors (Lipinski definition) is 6. The molecule has 0 saturated heterocycles. The first-order valence-corrected chi connectivity index (χ1v) is 10.6. The number of oxazole rings is 1. The smallest absolute Gasteiger partial charge is 0.263 e. The standard InChI is InChI=1S/C21H19N3O2S2/c1-13-5-7-15(8-6-13)20-24-16(12-26-20)9-10-22-19(25)18-14(2)23-21(28-18)17-4-3-11-27-17/h3-8,11-12H,9-10H2,1-2H3,(H,22,25). The highest BCUT2D eigenvalue weighted by Crippen LogP contribution is 2.31. The molecule has 4 aromatic rings. The van der Waals surface area contributed by atoms with E-state index in [-0.39, 0.29) is 5.91 Å². The summed E-state index contributed by atoms with van der Waals surface area (Å²) in [6, 6.07) is 12.0. The van der Waals surface area contributed by atoms with Crippen molar-refractivity contribution in [3.63, 3.8) is 0 Å². The molecule has 0 aliphatic rings. The lowest BCUT2D eigenvalue weighted by molar-refractivity contribution is 0.0957. The number of carbonyl (C=O) groups excluding carboxylic acids is 1. The Bertz CT molecular complexity index is 1080. The molecule has 5 nitrogen and oxygen atoms in total. The maximum Gasteiger partial charge on any atom is 0.263 e. The highest BCUT2D eigenvalue weighted by molar-refractivity contribution is 7.22. The zero-order chi connectivity index (χ0) is 19.5. The Morgan fingerprint density at radius 2 is 1.96 bits per heavy atom. The summed E-state index contributed by atoms with van der Waals surface area (Å²) in [4.78, 5) is 23.3. The topological polar surface area (TPSA) is 68.0 Å². The van der Waals surface area contributed by atoms with Crippen LogP contribution in [0.1, 0.15) is 26.6 Å². The van der Waals surface area contributed by atoms with Crippen molar-refractivity contribution in [3.05, 3.63) is 69.9 Å². The Morgan fingerprint density at radius 3 is 2.71 bits per heavy atom. The van der Waals surface area contributed by atoms with Crippen LogP contribution in [0.25, 0.3) is 21.3 Å². The molecular formula is C21H19N3O2S2. The van der Waals surface area contributed by atoms with E-state index in [9.17, 15) is 4.79 Å². The fraction of sp³-hybridized carbons (Fsp3) is 0.190. The average Bonchev–Trinajstić information content (AvgIpc) is 3.43. The lowest BCUT2D eigenvalue weighted by Crippen LogP contribution is -2.25. The fourth-order valence-electron chi connectivity index (χ4n) is 2.75. The molecule has 0 aliphatic heterocycles. The maximum absolute atomic E-state index is 12.5. The summed E-state index contributed by atoms with van der Waals surface area (Å²) >= 11 is 3.05. The Kier molecular flexibility index (Phi) is 5.36. The molecule has 0 bridgehead atoms. The largest absolute Gasteiger partial charge is 0.444 e. The van der Waals surface area contributed by atoms with E-state index in [2.05, 4.69) is 15.3 Å². The van der Waals surface area contributed by atoms with Gasteiger partial charge in [0.2, 0.25) is 5.89 Å². The van der Waals surface area contributed by atoms with Crippen LogP contribution in [0, 0.1) is 13.8 Å². The van der Waals surface area contributed by atoms with Crippen molar-refractivity contribution in [2.24, 2.45) is 0 Å². The number of amides is 1. The summed E-state index contributed by atoms with van der Waals surface area (Å²) in [5, 5.41) is 5.85. The van der Waals surface area contributed by atoms with Crippen LogP contribution in [-0.2, 0) is 6.42 Å². The Balaban J connectivity index is 1.35. The molecule has 0 atom stereocenters. The van der Waals surface area contributed by atoms with Crippen LogP contribution in [0.3, 0.4) is 0 Å². The number of rotatable bonds is 6. The van der Waals surface area contributed by atoms with Crippen molar-refractivity contribution >= 4 is 28.6 Å². The van der Waals surface area contributed by atoms with Crippen LogP contribution in [0.15, 0.2) is 52.5 Å². The molecule has 28 heavy (non-hydrogen) atoms. The van der Waals surface area contributed by atoms with Gasteiger partial charge in [0.1, 0.15) is 16.1 Å². The van der Waals surface area contributed by atoms with E-state index in [4.69, 9.17) is 4.42 Å². The van der Waals surface area contributed by atoms with Crippen molar-refractivity contribution in [1.82, 2.24) is 15.3 Å². The molecule has 0 radical (unpaired) electrons. The number of aryl methyl sites for hydroxylation is 2. The number of carbonyl (C=O) groups is 1. The van der Waals surface area contributed by atoms with Crippen LogP contribution in [0.2, 0.25) is 0 Å². The zero-order valence-corrected chi connectivity index (χ0v) is 17.2. The third-order valence-corrected chi connectivity index (χ3v) is 6.45. The van der Waals surface area contributed by atoms with Crippen LogP contribution >= 0.6 is 22.7 Å². The Morgan fingerprint density at radius 1 is 1.14 bits per heavy atom. The summed E-state index contributed by atoms with van der Waals surface area (Å²) in [6.45, 7) is 4.40. The number of nitrogens with one attached hydrogen (secondary N) is 1. The molecule has 0 saturated carbocycles. The van der Waals surface area contributed by atoms with Crippen LogP contribution < -0.4 is 5.32 Å². The third kappa shape index (κ3) is 4.05. The summed E-state index contributed by atoms with van der Waals surface area (Å²) < 4.78 is 5.57. The van der Waals surface area contributed by atoms with Crippen LogP contribution in [0.4, 0.5) is 0 Å². The first-order valence-electron chi connectivity index (χ1n) is 8.91. The van der Waals surface area contributed by atoms with Gasteiger partial charge < -0.3 is 9.73 Å². The number of hydrogen-bond donors (Lipinski definition) is 1. The van der Waals surface area contributed by atoms with Gasteiger partial charge in [-0.2, -0.15) is 0 Å². The lowest BCUT2D eigenvalue weighted by atomic mass is 10.1. The Labute approximate surface area is 171 Å². The number of thiazole rings is 1. The van der Waals surface area contributed by atoms with E-state index in [1.54, 1.807) is 17.6 Å². The van der Waals surface area contributed by atoms with E-state index in [1.807, 2.05) is 55.6 Å². The van der Waals surface area contributed by atoms with Gasteiger partial charge >= 0.3 is 0 Å². The third-order valence-electron chi connectivity index (χ3n) is 4.25. The number of benzene rings is 1. The van der Waals surface area contributed by atoms with Gasteiger partial charge in [-0.3, -0.25) is 4.79 Å². The van der Waals surface area contributed by atoms with Crippen molar-refractivity contribution in [1.29, 1.82) is 0 Å². The minimum Gasteiger partial charge on any atom is -0.444 e. The molecule has 1 amide bonds. The monoisotopic (exact) mass is 409 g/mol. The highest BCUT2D eigenvalue weighted by Gasteiger charge is 2.16. The van der Waals surface area contributed by atoms with E-state index >= 15 is 0 Å². The molecule has 142 valence electrons. The van der Waals surface area contributed by atoms with Crippen molar-refractivity contribution in [3.8, 4) is 21.3 Å². The molecule has 1 aromatic carbocycles. The normalized spacial score (nSPS) is 10.9. The predicted octanol–water partition coefficient (Wildman–Crippen LogP) is 5.12. The molecule has 3 aromatic heterocycles. The van der Waals surface area contributed by atoms with Gasteiger partial charge in [0.25, 0.3) is 5.91 Å². The minimum absolute atomic E-state index is 0.0972. The van der Waals surface area contributed by atoms with E-state index < -0.39 is 0 Å². The molecule has 0 spiro atoms. The molecule has 0 aliphatic carbocycles. The molecule has 0 unspecified atom stereocenters. The van der Waals surface area contributed by atoms with Crippen molar-refractivity contribution < 1.29 is 9.21 Å². The molecule has 7 heteroatoms. The van der Waals surface area contributed by atoms with Crippen LogP contribution in [0.5, 0.6) is 0 Å². The van der Waals surface area contributed by atoms with Gasteiger partial charge in [-0.25, -0.2) is 9.97 Å². The quantitative estimate of drug-likeness (QED) is 0.480. The highest BCUT2D eigenvalue weighted by atomic mass is 32.1. The first-order chi connectivity index (χ1) is 13.6. The zero-order valence-electron chi connectivity index (χ0n) is 15.6. The molecule has 0 fully saturated rings. The summed E-state index contributed by atoms with van der Waals surface area (Å²) in [5.74, 6) is 0.500. The second kappa shape index (κ2) is 8.08. The van der Waals surface area contributed by atoms with Crippen LogP contribution in [-0.4, -0.2) is 22.4 Å². The first kappa shape index (κ1) is 18.6. The molecule has 3 heterocycles. The summed E-state index contributed by atoms with van der Waals surface area (Å²) in [5.41, 5.74) is 3.71. The molecule has 4 rings (SSSR count). The van der Waals surface area contributed by atoms with E-state index in [0.717, 1.165) is 26.8 Å². The minimum atomic E-state index is -0.0972. The maximum atomic E-state index is 12.5. The SMILES string of the molecule is Cc1ccc(-c2nc(CCNC(=O)c3sc(-c4cccs4)nc3C)co2)cc1. The number of nitrogens with zero attached hydrogens (tertiary/aromatic N) is 2.